The first-order valence-corrected chi connectivity index (χ1v) is 6.26. The van der Waals surface area contributed by atoms with Crippen LogP contribution in [0, 0.1) is 23.4 Å². The van der Waals surface area contributed by atoms with Gasteiger partial charge in [-0.25, -0.2) is 13.2 Å². The molecule has 1 amide bonds. The topological polar surface area (TPSA) is 41.1 Å². The number of amides is 1. The van der Waals surface area contributed by atoms with Crippen LogP contribution in [0.3, 0.4) is 0 Å². The Balaban J connectivity index is 1.77. The molecule has 6 heteroatoms. The van der Waals surface area contributed by atoms with Crippen molar-refractivity contribution < 1.29 is 18.0 Å². The number of benzene rings is 1. The number of hydrogen-bond acceptors (Lipinski definition) is 2. The van der Waals surface area contributed by atoms with Crippen molar-refractivity contribution in [2.45, 2.75) is 31.3 Å². The van der Waals surface area contributed by atoms with Crippen LogP contribution in [0.4, 0.5) is 18.9 Å². The summed E-state index contributed by atoms with van der Waals surface area (Å²) in [6, 6.07) is 1.51. The van der Waals surface area contributed by atoms with Gasteiger partial charge in [0.25, 0.3) is 0 Å². The third-order valence-corrected chi connectivity index (χ3v) is 3.89. The van der Waals surface area contributed by atoms with E-state index in [4.69, 9.17) is 0 Å². The van der Waals surface area contributed by atoms with E-state index in [1.807, 2.05) is 0 Å². The number of hydrogen-bond donors (Lipinski definition) is 2. The van der Waals surface area contributed by atoms with Gasteiger partial charge in [0, 0.05) is 24.2 Å². The van der Waals surface area contributed by atoms with E-state index in [0.29, 0.717) is 24.6 Å². The molecular formula is C13H13F3N2O. The monoisotopic (exact) mass is 270 g/mol. The van der Waals surface area contributed by atoms with Gasteiger partial charge in [-0.1, -0.05) is 0 Å². The lowest BCUT2D eigenvalue weighted by molar-refractivity contribution is -0.120. The van der Waals surface area contributed by atoms with E-state index in [2.05, 4.69) is 10.6 Å². The van der Waals surface area contributed by atoms with E-state index in [0.717, 1.165) is 12.8 Å². The average Bonchev–Trinajstić information content (AvgIpc) is 2.95. The first kappa shape index (κ1) is 12.5. The molecule has 2 aliphatic heterocycles. The van der Waals surface area contributed by atoms with Gasteiger partial charge in [-0.3, -0.25) is 4.79 Å². The smallest absolute Gasteiger partial charge is 0.229 e. The highest BCUT2D eigenvalue weighted by atomic mass is 19.1. The second-order valence-corrected chi connectivity index (χ2v) is 5.12. The largest absolute Gasteiger partial charge is 0.321 e. The van der Waals surface area contributed by atoms with E-state index in [1.165, 1.54) is 0 Å². The highest BCUT2D eigenvalue weighted by Gasteiger charge is 2.42. The zero-order chi connectivity index (χ0) is 13.6. The summed E-state index contributed by atoms with van der Waals surface area (Å²) in [6.07, 6.45) is 2.62. The first-order valence-electron chi connectivity index (χ1n) is 6.26. The molecule has 1 aromatic rings. The van der Waals surface area contributed by atoms with Gasteiger partial charge in [0.2, 0.25) is 5.91 Å². The molecule has 3 unspecified atom stereocenters. The van der Waals surface area contributed by atoms with Crippen LogP contribution < -0.4 is 10.6 Å². The SMILES string of the molecule is O=C(Nc1c(F)cc(F)cc1F)C1CC2CCC1N2. The number of nitrogens with one attached hydrogen (secondary N) is 2. The van der Waals surface area contributed by atoms with Crippen molar-refractivity contribution in [1.82, 2.24) is 5.32 Å². The Bertz CT molecular complexity index is 512. The number of fused-ring (bicyclic) bond motifs is 2. The Morgan fingerprint density at radius 3 is 2.42 bits per heavy atom. The maximum absolute atomic E-state index is 13.4. The van der Waals surface area contributed by atoms with E-state index >= 15 is 0 Å². The molecule has 0 spiro atoms. The molecule has 102 valence electrons. The van der Waals surface area contributed by atoms with Crippen LogP contribution in [0.25, 0.3) is 0 Å². The Labute approximate surface area is 108 Å². The second kappa shape index (κ2) is 4.52. The lowest BCUT2D eigenvalue weighted by Crippen LogP contribution is -2.33. The third-order valence-electron chi connectivity index (χ3n) is 3.89. The summed E-state index contributed by atoms with van der Waals surface area (Å²) in [7, 11) is 0. The van der Waals surface area contributed by atoms with Crippen LogP contribution in [0.5, 0.6) is 0 Å². The highest BCUT2D eigenvalue weighted by Crippen LogP contribution is 2.34. The van der Waals surface area contributed by atoms with Gasteiger partial charge >= 0.3 is 0 Å². The summed E-state index contributed by atoms with van der Waals surface area (Å²) < 4.78 is 39.6. The molecule has 2 heterocycles. The zero-order valence-electron chi connectivity index (χ0n) is 10.1. The van der Waals surface area contributed by atoms with Gasteiger partial charge < -0.3 is 10.6 Å². The van der Waals surface area contributed by atoms with E-state index in [1.54, 1.807) is 0 Å². The average molecular weight is 270 g/mol. The molecule has 0 aromatic heterocycles. The molecule has 2 bridgehead atoms. The minimum atomic E-state index is -1.10. The van der Waals surface area contributed by atoms with Gasteiger partial charge in [-0.15, -0.1) is 0 Å². The van der Waals surface area contributed by atoms with Crippen LogP contribution in [0.15, 0.2) is 12.1 Å². The quantitative estimate of drug-likeness (QED) is 0.865. The minimum absolute atomic E-state index is 0.0802. The second-order valence-electron chi connectivity index (χ2n) is 5.12. The van der Waals surface area contributed by atoms with Crippen molar-refractivity contribution in [2.75, 3.05) is 5.32 Å². The summed E-state index contributed by atoms with van der Waals surface area (Å²) >= 11 is 0. The molecule has 2 N–H and O–H groups in total. The van der Waals surface area contributed by atoms with Crippen molar-refractivity contribution in [2.24, 2.45) is 5.92 Å². The van der Waals surface area contributed by atoms with Crippen molar-refractivity contribution in [3.05, 3.63) is 29.6 Å². The summed E-state index contributed by atoms with van der Waals surface area (Å²) in [5.41, 5.74) is -0.575. The van der Waals surface area contributed by atoms with E-state index in [-0.39, 0.29) is 12.0 Å². The fourth-order valence-corrected chi connectivity index (χ4v) is 2.99. The summed E-state index contributed by atoms with van der Waals surface area (Å²) in [6.45, 7) is 0. The highest BCUT2D eigenvalue weighted by molar-refractivity contribution is 5.93. The van der Waals surface area contributed by atoms with Gasteiger partial charge in [0.1, 0.15) is 11.5 Å². The first-order chi connectivity index (χ1) is 9.04. The molecule has 0 saturated carbocycles. The maximum Gasteiger partial charge on any atom is 0.229 e. The Kier molecular flexibility index (Phi) is 2.97. The fourth-order valence-electron chi connectivity index (χ4n) is 2.99. The lowest BCUT2D eigenvalue weighted by atomic mass is 9.88. The van der Waals surface area contributed by atoms with Gasteiger partial charge in [-0.2, -0.15) is 0 Å². The number of anilines is 1. The van der Waals surface area contributed by atoms with Gasteiger partial charge in [0.15, 0.2) is 11.6 Å². The molecule has 1 aromatic carbocycles. The summed E-state index contributed by atoms with van der Waals surface area (Å²) in [4.78, 5) is 12.0. The van der Waals surface area contributed by atoms with Crippen molar-refractivity contribution in [3.8, 4) is 0 Å². The fraction of sp³-hybridized carbons (Fsp3) is 0.462. The van der Waals surface area contributed by atoms with Crippen molar-refractivity contribution >= 4 is 11.6 Å². The molecule has 3 atom stereocenters. The van der Waals surface area contributed by atoms with E-state index < -0.39 is 29.0 Å². The Hall–Kier alpha value is -1.56. The maximum atomic E-state index is 13.4. The molecule has 3 nitrogen and oxygen atoms in total. The van der Waals surface area contributed by atoms with Crippen molar-refractivity contribution in [1.29, 1.82) is 0 Å². The third kappa shape index (κ3) is 2.20. The summed E-state index contributed by atoms with van der Waals surface area (Å²) in [5.74, 6) is -3.88. The van der Waals surface area contributed by atoms with Crippen LogP contribution in [-0.4, -0.2) is 18.0 Å². The molecule has 2 aliphatic rings. The van der Waals surface area contributed by atoms with Crippen molar-refractivity contribution in [3.63, 3.8) is 0 Å². The van der Waals surface area contributed by atoms with Crippen LogP contribution in [0.2, 0.25) is 0 Å². The summed E-state index contributed by atoms with van der Waals surface area (Å²) in [5, 5.41) is 5.51. The predicted molar refractivity (Wildman–Crippen MR) is 63.0 cm³/mol. The number of rotatable bonds is 2. The van der Waals surface area contributed by atoms with Crippen LogP contribution >= 0.6 is 0 Å². The number of halogens is 3. The lowest BCUT2D eigenvalue weighted by Gasteiger charge is -2.19. The molecule has 0 aliphatic carbocycles. The van der Waals surface area contributed by atoms with Gasteiger partial charge in [-0.05, 0) is 19.3 Å². The molecular weight excluding hydrogens is 257 g/mol. The predicted octanol–water partition coefficient (Wildman–Crippen LogP) is 2.18. The Morgan fingerprint density at radius 1 is 1.21 bits per heavy atom. The molecule has 19 heavy (non-hydrogen) atoms. The van der Waals surface area contributed by atoms with Crippen LogP contribution in [-0.2, 0) is 4.79 Å². The minimum Gasteiger partial charge on any atom is -0.321 e. The molecule has 0 radical (unpaired) electrons. The molecule has 2 saturated heterocycles. The molecule has 3 rings (SSSR count). The standard InChI is InChI=1S/C13H13F3N2O/c14-6-3-9(15)12(10(16)4-6)18-13(19)8-5-7-1-2-11(8)17-7/h3-4,7-8,11,17H,1-2,5H2,(H,18,19). The van der Waals surface area contributed by atoms with Crippen LogP contribution in [0.1, 0.15) is 19.3 Å². The number of carbonyl (C=O) groups is 1. The van der Waals surface area contributed by atoms with Gasteiger partial charge in [0.05, 0.1) is 5.92 Å². The zero-order valence-corrected chi connectivity index (χ0v) is 10.1. The molecule has 2 fully saturated rings. The number of carbonyl (C=O) groups excluding carboxylic acids is 1. The van der Waals surface area contributed by atoms with E-state index in [9.17, 15) is 18.0 Å². The normalized spacial score (nSPS) is 28.7. The Morgan fingerprint density at radius 2 is 1.89 bits per heavy atom.